The molecule has 0 saturated heterocycles. The highest BCUT2D eigenvalue weighted by Gasteiger charge is 2.20. The van der Waals surface area contributed by atoms with Crippen LogP contribution in [-0.2, 0) is 4.79 Å². The molecule has 0 radical (unpaired) electrons. The zero-order valence-electron chi connectivity index (χ0n) is 9.59. The maximum Gasteiger partial charge on any atom is 0.326 e. The number of nitrogens with zero attached hydrogens (tertiary/aromatic N) is 2. The molecule has 1 aromatic rings. The van der Waals surface area contributed by atoms with Crippen molar-refractivity contribution in [3.63, 3.8) is 0 Å². The molecule has 1 unspecified atom stereocenters. The molecule has 0 fully saturated rings. The van der Waals surface area contributed by atoms with Gasteiger partial charge in [0, 0.05) is 12.4 Å². The van der Waals surface area contributed by atoms with Crippen LogP contribution in [0.25, 0.3) is 0 Å². The van der Waals surface area contributed by atoms with Gasteiger partial charge in [-0.05, 0) is 6.42 Å². The first-order valence-corrected chi connectivity index (χ1v) is 5.44. The van der Waals surface area contributed by atoms with E-state index in [0.717, 1.165) is 12.8 Å². The summed E-state index contributed by atoms with van der Waals surface area (Å²) in [7, 11) is 0. The lowest BCUT2D eigenvalue weighted by Crippen LogP contribution is -2.41. The Labute approximate surface area is 99.1 Å². The van der Waals surface area contributed by atoms with Gasteiger partial charge < -0.3 is 10.4 Å². The van der Waals surface area contributed by atoms with Crippen LogP contribution in [0.5, 0.6) is 0 Å². The second kappa shape index (κ2) is 6.57. The van der Waals surface area contributed by atoms with Gasteiger partial charge in [0.25, 0.3) is 5.91 Å². The zero-order valence-corrected chi connectivity index (χ0v) is 9.59. The van der Waals surface area contributed by atoms with E-state index >= 15 is 0 Å². The van der Waals surface area contributed by atoms with E-state index in [2.05, 4.69) is 15.3 Å². The molecule has 6 nitrogen and oxygen atoms in total. The van der Waals surface area contributed by atoms with E-state index in [9.17, 15) is 9.59 Å². The number of carboxylic acid groups (broad SMARTS) is 1. The predicted molar refractivity (Wildman–Crippen MR) is 60.4 cm³/mol. The number of aromatic nitrogens is 2. The third-order valence-electron chi connectivity index (χ3n) is 2.25. The summed E-state index contributed by atoms with van der Waals surface area (Å²) in [5, 5.41) is 11.4. The minimum absolute atomic E-state index is 0.121. The molecule has 1 amide bonds. The van der Waals surface area contributed by atoms with Crippen LogP contribution in [-0.4, -0.2) is 33.0 Å². The molecule has 0 aliphatic heterocycles. The summed E-state index contributed by atoms with van der Waals surface area (Å²) in [4.78, 5) is 30.1. The van der Waals surface area contributed by atoms with E-state index in [1.165, 1.54) is 18.6 Å². The summed E-state index contributed by atoms with van der Waals surface area (Å²) in [6, 6.07) is -0.871. The quantitative estimate of drug-likeness (QED) is 0.765. The lowest BCUT2D eigenvalue weighted by Gasteiger charge is -2.13. The molecule has 6 heteroatoms. The smallest absolute Gasteiger partial charge is 0.326 e. The van der Waals surface area contributed by atoms with Crippen molar-refractivity contribution in [2.75, 3.05) is 0 Å². The second-order valence-corrected chi connectivity index (χ2v) is 3.60. The van der Waals surface area contributed by atoms with Gasteiger partial charge in [-0.3, -0.25) is 9.78 Å². The van der Waals surface area contributed by atoms with Gasteiger partial charge in [-0.1, -0.05) is 19.8 Å². The third kappa shape index (κ3) is 4.18. The average molecular weight is 237 g/mol. The summed E-state index contributed by atoms with van der Waals surface area (Å²) in [5.41, 5.74) is 0.121. The molecule has 0 aliphatic carbocycles. The molecular weight excluding hydrogens is 222 g/mol. The second-order valence-electron chi connectivity index (χ2n) is 3.60. The SMILES string of the molecule is CCCCC(NC(=O)c1cnccn1)C(=O)O. The summed E-state index contributed by atoms with van der Waals surface area (Å²) >= 11 is 0. The summed E-state index contributed by atoms with van der Waals surface area (Å²) in [6.07, 6.45) is 6.17. The number of unbranched alkanes of at least 4 members (excludes halogenated alkanes) is 1. The summed E-state index contributed by atoms with van der Waals surface area (Å²) < 4.78 is 0. The Hall–Kier alpha value is -1.98. The van der Waals surface area contributed by atoms with E-state index in [-0.39, 0.29) is 5.69 Å². The van der Waals surface area contributed by atoms with Crippen LogP contribution in [0, 0.1) is 0 Å². The monoisotopic (exact) mass is 237 g/mol. The van der Waals surface area contributed by atoms with Crippen molar-refractivity contribution < 1.29 is 14.7 Å². The van der Waals surface area contributed by atoms with Crippen LogP contribution in [0.15, 0.2) is 18.6 Å². The number of carbonyl (C=O) groups excluding carboxylic acids is 1. The van der Waals surface area contributed by atoms with Gasteiger partial charge in [0.1, 0.15) is 11.7 Å². The first kappa shape index (κ1) is 13.1. The minimum atomic E-state index is -1.03. The Morgan fingerprint density at radius 2 is 2.24 bits per heavy atom. The van der Waals surface area contributed by atoms with Crippen LogP contribution in [0.3, 0.4) is 0 Å². The Bertz CT molecular complexity index is 381. The molecule has 92 valence electrons. The fourth-order valence-electron chi connectivity index (χ4n) is 1.31. The molecule has 1 heterocycles. The number of rotatable bonds is 6. The van der Waals surface area contributed by atoms with Crippen molar-refractivity contribution in [2.45, 2.75) is 32.2 Å². The number of amides is 1. The summed E-state index contributed by atoms with van der Waals surface area (Å²) in [5.74, 6) is -1.54. The largest absolute Gasteiger partial charge is 0.480 e. The van der Waals surface area contributed by atoms with Crippen LogP contribution >= 0.6 is 0 Å². The maximum atomic E-state index is 11.6. The molecule has 0 saturated carbocycles. The average Bonchev–Trinajstić information content (AvgIpc) is 2.35. The van der Waals surface area contributed by atoms with E-state index < -0.39 is 17.9 Å². The molecule has 1 aromatic heterocycles. The molecule has 1 atom stereocenters. The molecule has 2 N–H and O–H groups in total. The van der Waals surface area contributed by atoms with Gasteiger partial charge in [-0.2, -0.15) is 0 Å². The van der Waals surface area contributed by atoms with E-state index in [1.54, 1.807) is 0 Å². The lowest BCUT2D eigenvalue weighted by atomic mass is 10.1. The number of hydrogen-bond acceptors (Lipinski definition) is 4. The lowest BCUT2D eigenvalue weighted by molar-refractivity contribution is -0.139. The van der Waals surface area contributed by atoms with Crippen molar-refractivity contribution in [1.29, 1.82) is 0 Å². The van der Waals surface area contributed by atoms with Gasteiger partial charge in [0.05, 0.1) is 6.20 Å². The van der Waals surface area contributed by atoms with Crippen molar-refractivity contribution in [3.8, 4) is 0 Å². The van der Waals surface area contributed by atoms with E-state index in [4.69, 9.17) is 5.11 Å². The molecule has 0 aliphatic rings. The highest BCUT2D eigenvalue weighted by molar-refractivity contribution is 5.94. The van der Waals surface area contributed by atoms with Crippen molar-refractivity contribution in [2.24, 2.45) is 0 Å². The zero-order chi connectivity index (χ0) is 12.7. The summed E-state index contributed by atoms with van der Waals surface area (Å²) in [6.45, 7) is 1.96. The van der Waals surface area contributed by atoms with E-state index in [0.29, 0.717) is 6.42 Å². The fourth-order valence-corrected chi connectivity index (χ4v) is 1.31. The molecule has 0 bridgehead atoms. The van der Waals surface area contributed by atoms with Crippen molar-refractivity contribution in [3.05, 3.63) is 24.3 Å². The molecule has 1 rings (SSSR count). The van der Waals surface area contributed by atoms with Crippen LogP contribution in [0.1, 0.15) is 36.7 Å². The first-order chi connectivity index (χ1) is 8.15. The standard InChI is InChI=1S/C11H15N3O3/c1-2-3-4-8(11(16)17)14-10(15)9-7-12-5-6-13-9/h5-8H,2-4H2,1H3,(H,14,15)(H,16,17). The van der Waals surface area contributed by atoms with Crippen molar-refractivity contribution >= 4 is 11.9 Å². The maximum absolute atomic E-state index is 11.6. The van der Waals surface area contributed by atoms with Crippen molar-refractivity contribution in [1.82, 2.24) is 15.3 Å². The number of aliphatic carboxylic acids is 1. The normalized spacial score (nSPS) is 11.8. The third-order valence-corrected chi connectivity index (χ3v) is 2.25. The molecule has 0 spiro atoms. The fraction of sp³-hybridized carbons (Fsp3) is 0.455. The predicted octanol–water partition coefficient (Wildman–Crippen LogP) is 0.850. The first-order valence-electron chi connectivity index (χ1n) is 5.44. The minimum Gasteiger partial charge on any atom is -0.480 e. The van der Waals surface area contributed by atoms with Gasteiger partial charge >= 0.3 is 5.97 Å². The highest BCUT2D eigenvalue weighted by Crippen LogP contribution is 2.02. The Morgan fingerprint density at radius 3 is 2.76 bits per heavy atom. The molecule has 17 heavy (non-hydrogen) atoms. The van der Waals surface area contributed by atoms with Gasteiger partial charge in [-0.25, -0.2) is 9.78 Å². The Balaban J connectivity index is 2.61. The van der Waals surface area contributed by atoms with Gasteiger partial charge in [-0.15, -0.1) is 0 Å². The van der Waals surface area contributed by atoms with Crippen LogP contribution in [0.4, 0.5) is 0 Å². The van der Waals surface area contributed by atoms with Crippen LogP contribution in [0.2, 0.25) is 0 Å². The topological polar surface area (TPSA) is 92.2 Å². The number of nitrogens with one attached hydrogen (secondary N) is 1. The van der Waals surface area contributed by atoms with Gasteiger partial charge in [0.2, 0.25) is 0 Å². The number of carboxylic acids is 1. The molecular formula is C11H15N3O3. The number of hydrogen-bond donors (Lipinski definition) is 2. The molecule has 0 aromatic carbocycles. The highest BCUT2D eigenvalue weighted by atomic mass is 16.4. The van der Waals surface area contributed by atoms with Crippen LogP contribution < -0.4 is 5.32 Å². The number of carbonyl (C=O) groups is 2. The Morgan fingerprint density at radius 1 is 1.47 bits per heavy atom. The Kier molecular flexibility index (Phi) is 5.06. The van der Waals surface area contributed by atoms with Gasteiger partial charge in [0.15, 0.2) is 0 Å². The van der Waals surface area contributed by atoms with E-state index in [1.807, 2.05) is 6.92 Å².